The normalized spacial score (nSPS) is 24.6. The molecule has 2 saturated heterocycles. The number of carboxylic acids is 1. The number of aliphatic carboxylic acids is 1. The van der Waals surface area contributed by atoms with Crippen LogP contribution in [0.2, 0.25) is 0 Å². The summed E-state index contributed by atoms with van der Waals surface area (Å²) in [6.45, 7) is 5.76. The first-order valence-electron chi connectivity index (χ1n) is 9.48. The van der Waals surface area contributed by atoms with E-state index in [0.29, 0.717) is 12.3 Å². The van der Waals surface area contributed by atoms with Crippen LogP contribution in [0, 0.1) is 19.8 Å². The zero-order valence-electron chi connectivity index (χ0n) is 17.6. The van der Waals surface area contributed by atoms with Crippen LogP contribution in [0.4, 0.5) is 0 Å². The molecule has 2 aliphatic rings. The Hall–Kier alpha value is -2.13. The number of fused-ring (bicyclic) bond motifs is 1. The van der Waals surface area contributed by atoms with Crippen molar-refractivity contribution in [3.8, 4) is 5.75 Å². The van der Waals surface area contributed by atoms with Crippen LogP contribution in [0.1, 0.15) is 18.1 Å². The van der Waals surface area contributed by atoms with E-state index in [0.717, 1.165) is 18.1 Å². The highest BCUT2D eigenvalue weighted by atomic mass is 32.2. The second-order valence-electron chi connectivity index (χ2n) is 7.87. The Bertz CT molecular complexity index is 864. The molecule has 2 fully saturated rings. The molecule has 1 aromatic carbocycles. The van der Waals surface area contributed by atoms with Crippen molar-refractivity contribution >= 4 is 21.7 Å². The summed E-state index contributed by atoms with van der Waals surface area (Å²) in [5.74, 6) is -0.102. The first-order valence-corrected chi connectivity index (χ1v) is 11.2. The maximum absolute atomic E-state index is 12.5. The van der Waals surface area contributed by atoms with E-state index in [-0.39, 0.29) is 36.8 Å². The van der Waals surface area contributed by atoms with Crippen LogP contribution >= 0.6 is 0 Å². The van der Waals surface area contributed by atoms with Crippen LogP contribution in [0.5, 0.6) is 5.75 Å². The molecule has 0 aromatic heterocycles. The number of benzene rings is 1. The van der Waals surface area contributed by atoms with Gasteiger partial charge in [-0.05, 0) is 45.1 Å². The lowest BCUT2D eigenvalue weighted by Crippen LogP contribution is -2.39. The van der Waals surface area contributed by atoms with Crippen LogP contribution in [0.15, 0.2) is 18.2 Å². The van der Waals surface area contributed by atoms with Gasteiger partial charge in [0, 0.05) is 32.0 Å². The molecule has 0 spiro atoms. The van der Waals surface area contributed by atoms with Crippen molar-refractivity contribution in [3.05, 3.63) is 29.3 Å². The highest BCUT2D eigenvalue weighted by molar-refractivity contribution is 7.92. The van der Waals surface area contributed by atoms with Crippen molar-refractivity contribution in [2.75, 3.05) is 39.5 Å². The number of carboxylic acid groups (broad SMARTS) is 1. The van der Waals surface area contributed by atoms with Crippen LogP contribution in [0.25, 0.3) is 0 Å². The van der Waals surface area contributed by atoms with Crippen molar-refractivity contribution < 1.29 is 27.9 Å². The molecule has 1 N–H and O–H groups in total. The monoisotopic (exact) mass is 426 g/mol. The highest BCUT2D eigenvalue weighted by Gasteiger charge is 2.53. The second kappa shape index (κ2) is 9.13. The molecule has 9 heteroatoms. The fourth-order valence-electron chi connectivity index (χ4n) is 3.88. The maximum atomic E-state index is 12.5. The zero-order chi connectivity index (χ0) is 21.9. The summed E-state index contributed by atoms with van der Waals surface area (Å²) in [4.78, 5) is 25.1. The van der Waals surface area contributed by atoms with Crippen molar-refractivity contribution in [3.63, 3.8) is 0 Å². The lowest BCUT2D eigenvalue weighted by molar-refractivity contribution is -0.134. The molecular weight excluding hydrogens is 396 g/mol. The van der Waals surface area contributed by atoms with E-state index in [9.17, 15) is 13.2 Å². The predicted molar refractivity (Wildman–Crippen MR) is 110 cm³/mol. The minimum absolute atomic E-state index is 0.00958. The second-order valence-corrected chi connectivity index (χ2v) is 10.1. The van der Waals surface area contributed by atoms with Gasteiger partial charge < -0.3 is 19.6 Å². The summed E-state index contributed by atoms with van der Waals surface area (Å²) >= 11 is 0. The smallest absolute Gasteiger partial charge is 0.300 e. The van der Waals surface area contributed by atoms with Crippen molar-refractivity contribution in [1.29, 1.82) is 0 Å². The highest BCUT2D eigenvalue weighted by Crippen LogP contribution is 2.36. The Morgan fingerprint density at radius 1 is 1.24 bits per heavy atom. The van der Waals surface area contributed by atoms with Gasteiger partial charge in [0.15, 0.2) is 16.4 Å². The van der Waals surface area contributed by atoms with E-state index in [1.807, 2.05) is 51.0 Å². The Labute approximate surface area is 172 Å². The average Bonchev–Trinajstić information content (AvgIpc) is 3.15. The minimum Gasteiger partial charge on any atom is -0.483 e. The summed E-state index contributed by atoms with van der Waals surface area (Å²) in [7, 11) is 0.659. The topological polar surface area (TPSA) is 104 Å². The van der Waals surface area contributed by atoms with Gasteiger partial charge in [-0.2, -0.15) is 0 Å². The van der Waals surface area contributed by atoms with Gasteiger partial charge in [0.05, 0.1) is 11.0 Å². The fourth-order valence-corrected chi connectivity index (χ4v) is 6.36. The van der Waals surface area contributed by atoms with E-state index in [4.69, 9.17) is 14.6 Å². The molecule has 1 amide bonds. The van der Waals surface area contributed by atoms with Crippen molar-refractivity contribution in [2.45, 2.75) is 32.1 Å². The zero-order valence-corrected chi connectivity index (χ0v) is 18.4. The predicted octanol–water partition coefficient (Wildman–Crippen LogP) is 0.959. The number of carbonyl (C=O) groups excluding carboxylic acids is 1. The molecule has 0 bridgehead atoms. The number of likely N-dealkylation sites (tertiary alicyclic amines) is 1. The summed E-state index contributed by atoms with van der Waals surface area (Å²) < 4.78 is 30.5. The maximum Gasteiger partial charge on any atom is 0.300 e. The quantitative estimate of drug-likeness (QED) is 0.765. The molecule has 2 aliphatic heterocycles. The first kappa shape index (κ1) is 23.2. The molecule has 3 atom stereocenters. The van der Waals surface area contributed by atoms with E-state index in [2.05, 4.69) is 0 Å². The summed E-state index contributed by atoms with van der Waals surface area (Å²) in [6.07, 6.45) is 0. The average molecular weight is 427 g/mol. The summed E-state index contributed by atoms with van der Waals surface area (Å²) in [5, 5.41) is 6.98. The van der Waals surface area contributed by atoms with Gasteiger partial charge in [-0.1, -0.05) is 12.1 Å². The number of ether oxygens (including phenoxy) is 1. The van der Waals surface area contributed by atoms with Crippen LogP contribution in [-0.4, -0.2) is 86.0 Å². The Kier molecular flexibility index (Phi) is 7.29. The molecule has 8 nitrogen and oxygen atoms in total. The number of aryl methyl sites for hydroxylation is 1. The largest absolute Gasteiger partial charge is 0.483 e. The molecule has 3 rings (SSSR count). The molecular formula is C20H30N2O6S. The molecule has 0 unspecified atom stereocenters. The Morgan fingerprint density at radius 3 is 2.45 bits per heavy atom. The number of amides is 1. The summed E-state index contributed by atoms with van der Waals surface area (Å²) in [6, 6.07) is 5.72. The Balaban J connectivity index is 0.000000687. The number of rotatable bonds is 4. The van der Waals surface area contributed by atoms with E-state index >= 15 is 0 Å². The lowest BCUT2D eigenvalue weighted by Gasteiger charge is -2.25. The minimum atomic E-state index is -3.14. The number of sulfone groups is 1. The van der Waals surface area contributed by atoms with Crippen LogP contribution in [0.3, 0.4) is 0 Å². The van der Waals surface area contributed by atoms with Gasteiger partial charge in [-0.3, -0.25) is 9.59 Å². The summed E-state index contributed by atoms with van der Waals surface area (Å²) in [5.41, 5.74) is 2.13. The van der Waals surface area contributed by atoms with Crippen molar-refractivity contribution in [1.82, 2.24) is 9.80 Å². The number of hydrogen-bond donors (Lipinski definition) is 1. The fraction of sp³-hybridized carbons (Fsp3) is 0.600. The molecule has 2 heterocycles. The van der Waals surface area contributed by atoms with Gasteiger partial charge in [-0.15, -0.1) is 0 Å². The lowest BCUT2D eigenvalue weighted by atomic mass is 10.00. The molecule has 0 saturated carbocycles. The number of hydrogen-bond acceptors (Lipinski definition) is 6. The molecule has 0 aliphatic carbocycles. The van der Waals surface area contributed by atoms with E-state index < -0.39 is 21.1 Å². The van der Waals surface area contributed by atoms with E-state index in [1.165, 1.54) is 0 Å². The van der Waals surface area contributed by atoms with Gasteiger partial charge in [0.1, 0.15) is 5.75 Å². The Morgan fingerprint density at radius 2 is 1.86 bits per heavy atom. The molecule has 1 aromatic rings. The van der Waals surface area contributed by atoms with Crippen LogP contribution < -0.4 is 4.74 Å². The third kappa shape index (κ3) is 5.48. The van der Waals surface area contributed by atoms with Crippen molar-refractivity contribution in [2.24, 2.45) is 5.92 Å². The standard InChI is InChI=1S/C18H26N2O4S.C2H4O2/c1-12-6-5-7-16(13(12)2)24-10-18(21)20-8-14-15(19(3)4)11-25(22,23)17(14)9-20;1-2(3)4/h5-7,14-15,17H,8-11H2,1-4H3;1H3,(H,3,4)/t14-,15+,17-;/m0./s1. The first-order chi connectivity index (χ1) is 13.4. The molecule has 162 valence electrons. The third-order valence-corrected chi connectivity index (χ3v) is 7.82. The number of carbonyl (C=O) groups is 2. The van der Waals surface area contributed by atoms with Gasteiger partial charge in [0.2, 0.25) is 0 Å². The van der Waals surface area contributed by atoms with Gasteiger partial charge >= 0.3 is 0 Å². The van der Waals surface area contributed by atoms with Gasteiger partial charge in [0.25, 0.3) is 11.9 Å². The SMILES string of the molecule is CC(=O)O.Cc1cccc(OCC(=O)N2C[C@H]3[C@H](N(C)C)CS(=O)(=O)[C@H]3C2)c1C. The number of nitrogens with zero attached hydrogens (tertiary/aromatic N) is 2. The molecule has 29 heavy (non-hydrogen) atoms. The van der Waals surface area contributed by atoms with Crippen LogP contribution in [-0.2, 0) is 19.4 Å². The third-order valence-electron chi connectivity index (χ3n) is 5.59. The van der Waals surface area contributed by atoms with E-state index in [1.54, 1.807) is 4.90 Å². The molecule has 0 radical (unpaired) electrons. The van der Waals surface area contributed by atoms with Gasteiger partial charge in [-0.25, -0.2) is 8.42 Å².